The first kappa shape index (κ1) is 18.7. The Bertz CT molecular complexity index is 169. The van der Waals surface area contributed by atoms with E-state index in [1.807, 2.05) is 0 Å². The van der Waals surface area contributed by atoms with Crippen LogP contribution >= 0.6 is 0 Å². The van der Waals surface area contributed by atoms with Crippen LogP contribution in [0.2, 0.25) is 0 Å². The molecule has 0 aromatic rings. The fourth-order valence-electron chi connectivity index (χ4n) is 0.214. The first-order chi connectivity index (χ1) is 5.36. The van der Waals surface area contributed by atoms with Crippen molar-refractivity contribution in [3.8, 4) is 0 Å². The Labute approximate surface area is 100 Å². The van der Waals surface area contributed by atoms with Gasteiger partial charge in [-0.2, -0.15) is 0 Å². The monoisotopic (exact) mass is 223 g/mol. The normalized spacial score (nSPS) is 10.0. The molecule has 0 fully saturated rings. The second-order valence-corrected chi connectivity index (χ2v) is 1.94. The van der Waals surface area contributed by atoms with Crippen LogP contribution in [0.3, 0.4) is 0 Å². The SMILES string of the molecule is O=C(O)CCC(=O)O.O=S([O-])O.[H-].[Na+]. The van der Waals surface area contributed by atoms with E-state index in [0.717, 1.165) is 0 Å². The summed E-state index contributed by atoms with van der Waals surface area (Å²) in [5.74, 6) is -2.15. The van der Waals surface area contributed by atoms with Crippen LogP contribution in [0.15, 0.2) is 0 Å². The zero-order valence-electron chi connectivity index (χ0n) is 7.80. The maximum atomic E-state index is 9.64. The number of hydrogen-bond acceptors (Lipinski definition) is 4. The molecule has 74 valence electrons. The van der Waals surface area contributed by atoms with Gasteiger partial charge in [-0.15, -0.1) is 0 Å². The third-order valence-electron chi connectivity index (χ3n) is 0.553. The summed E-state index contributed by atoms with van der Waals surface area (Å²) in [5, 5.41) is 15.8. The van der Waals surface area contributed by atoms with Crippen LogP contribution in [0.4, 0.5) is 0 Å². The van der Waals surface area contributed by atoms with Crippen LogP contribution in [0.25, 0.3) is 0 Å². The summed E-state index contributed by atoms with van der Waals surface area (Å²) in [4.78, 5) is 19.3. The second kappa shape index (κ2) is 12.0. The van der Waals surface area contributed by atoms with Gasteiger partial charge >= 0.3 is 41.5 Å². The van der Waals surface area contributed by atoms with Crippen LogP contribution in [0.1, 0.15) is 14.3 Å². The van der Waals surface area contributed by atoms with E-state index in [9.17, 15) is 9.59 Å². The molecule has 0 saturated heterocycles. The van der Waals surface area contributed by atoms with E-state index in [1.54, 1.807) is 0 Å². The molecule has 1 atom stereocenters. The van der Waals surface area contributed by atoms with Crippen LogP contribution in [-0.2, 0) is 21.0 Å². The molecule has 0 spiro atoms. The van der Waals surface area contributed by atoms with Gasteiger partial charge in [0.2, 0.25) is 0 Å². The summed E-state index contributed by atoms with van der Waals surface area (Å²) in [7, 11) is 0. The van der Waals surface area contributed by atoms with Gasteiger partial charge in [-0.25, -0.2) is 4.21 Å². The van der Waals surface area contributed by atoms with Gasteiger partial charge in [-0.1, -0.05) is 0 Å². The van der Waals surface area contributed by atoms with Crippen molar-refractivity contribution in [2.24, 2.45) is 0 Å². The van der Waals surface area contributed by atoms with Crippen LogP contribution in [-0.4, -0.2) is 35.5 Å². The van der Waals surface area contributed by atoms with Crippen molar-refractivity contribution in [1.82, 2.24) is 0 Å². The van der Waals surface area contributed by atoms with Gasteiger partial charge in [0.15, 0.2) is 0 Å². The number of aliphatic carboxylic acids is 2. The molecule has 3 N–H and O–H groups in total. The van der Waals surface area contributed by atoms with Gasteiger partial charge in [0, 0.05) is 0 Å². The van der Waals surface area contributed by atoms with Crippen LogP contribution in [0.5, 0.6) is 0 Å². The van der Waals surface area contributed by atoms with Crippen molar-refractivity contribution >= 4 is 23.3 Å². The van der Waals surface area contributed by atoms with Crippen molar-refractivity contribution in [2.75, 3.05) is 0 Å². The van der Waals surface area contributed by atoms with Gasteiger partial charge in [0.25, 0.3) is 0 Å². The molecule has 7 nitrogen and oxygen atoms in total. The minimum Gasteiger partial charge on any atom is -1.00 e. The fraction of sp³-hybridized carbons (Fsp3) is 0.500. The van der Waals surface area contributed by atoms with E-state index in [-0.39, 0.29) is 43.8 Å². The molecular weight excluding hydrogens is 215 g/mol. The Morgan fingerprint density at radius 2 is 1.38 bits per heavy atom. The number of hydrogen-bond donors (Lipinski definition) is 3. The quantitative estimate of drug-likeness (QED) is 0.332. The van der Waals surface area contributed by atoms with Crippen molar-refractivity contribution in [2.45, 2.75) is 12.8 Å². The van der Waals surface area contributed by atoms with E-state index in [0.29, 0.717) is 0 Å². The van der Waals surface area contributed by atoms with E-state index in [1.165, 1.54) is 0 Å². The molecule has 13 heavy (non-hydrogen) atoms. The van der Waals surface area contributed by atoms with Gasteiger partial charge in [0.05, 0.1) is 24.2 Å². The van der Waals surface area contributed by atoms with Crippen molar-refractivity contribution in [1.29, 1.82) is 0 Å². The molecule has 0 aromatic carbocycles. The first-order valence-electron chi connectivity index (χ1n) is 2.58. The van der Waals surface area contributed by atoms with E-state index in [2.05, 4.69) is 0 Å². The Balaban J connectivity index is -0.0000000733. The largest absolute Gasteiger partial charge is 1.00 e. The summed E-state index contributed by atoms with van der Waals surface area (Å²) in [6.45, 7) is 0. The molecule has 0 aliphatic heterocycles. The van der Waals surface area contributed by atoms with Gasteiger partial charge in [-0.3, -0.25) is 9.59 Å². The topological polar surface area (TPSA) is 135 Å². The molecule has 0 heterocycles. The van der Waals surface area contributed by atoms with Gasteiger partial charge in [-0.05, 0) is 0 Å². The molecule has 1 unspecified atom stereocenters. The smallest absolute Gasteiger partial charge is 1.00 e. The summed E-state index contributed by atoms with van der Waals surface area (Å²) in [5.41, 5.74) is 0. The Morgan fingerprint density at radius 3 is 1.46 bits per heavy atom. The van der Waals surface area contributed by atoms with Crippen molar-refractivity contribution in [3.63, 3.8) is 0 Å². The summed E-state index contributed by atoms with van der Waals surface area (Å²) < 4.78 is 24.1. The number of carbonyl (C=O) groups is 2. The fourth-order valence-corrected chi connectivity index (χ4v) is 0.214. The van der Waals surface area contributed by atoms with E-state index < -0.39 is 23.3 Å². The van der Waals surface area contributed by atoms with Crippen LogP contribution in [0, 0.1) is 0 Å². The predicted molar refractivity (Wildman–Crippen MR) is 37.2 cm³/mol. The third kappa shape index (κ3) is 47.9. The summed E-state index contributed by atoms with van der Waals surface area (Å²) in [6.07, 6.45) is -0.593. The predicted octanol–water partition coefficient (Wildman–Crippen LogP) is -3.61. The maximum Gasteiger partial charge on any atom is 1.00 e. The third-order valence-corrected chi connectivity index (χ3v) is 0.553. The Hall–Kier alpha value is 0.01000. The first-order valence-corrected chi connectivity index (χ1v) is 3.61. The average molecular weight is 223 g/mol. The maximum absolute atomic E-state index is 9.64. The van der Waals surface area contributed by atoms with Crippen molar-refractivity contribution < 1.29 is 64.1 Å². The van der Waals surface area contributed by atoms with E-state index >= 15 is 0 Å². The summed E-state index contributed by atoms with van der Waals surface area (Å²) in [6, 6.07) is 0. The summed E-state index contributed by atoms with van der Waals surface area (Å²) >= 11 is -2.86. The molecular formula is C4H8NaO7S-. The molecule has 0 aliphatic carbocycles. The number of rotatable bonds is 3. The average Bonchev–Trinajstić information content (AvgIpc) is 1.82. The Kier molecular flexibility index (Phi) is 17.3. The van der Waals surface area contributed by atoms with Crippen LogP contribution < -0.4 is 29.6 Å². The molecule has 9 heteroatoms. The molecule has 0 bridgehead atoms. The zero-order valence-corrected chi connectivity index (χ0v) is 9.61. The second-order valence-electron chi connectivity index (χ2n) is 1.50. The molecule has 0 rings (SSSR count). The molecule has 0 amide bonds. The minimum atomic E-state index is -2.86. The minimum absolute atomic E-state index is 0. The molecule has 0 aliphatic rings. The molecule has 0 radical (unpaired) electrons. The molecule has 0 aromatic heterocycles. The molecule has 0 saturated carbocycles. The number of carboxylic acids is 2. The standard InChI is InChI=1S/C4H6O4.Na.H2O3S.H/c5-3(6)1-2-4(7)8;;1-4(2)3;/h1-2H2,(H,5,6)(H,7,8);;(H2,1,2,3);/q;+1;;-1/p-1. The van der Waals surface area contributed by atoms with Gasteiger partial charge < -0.3 is 20.7 Å². The van der Waals surface area contributed by atoms with E-state index in [4.69, 9.17) is 23.5 Å². The number of carboxylic acid groups (broad SMARTS) is 2. The Morgan fingerprint density at radius 1 is 1.23 bits per heavy atom. The van der Waals surface area contributed by atoms with Crippen molar-refractivity contribution in [3.05, 3.63) is 0 Å². The van der Waals surface area contributed by atoms with Gasteiger partial charge in [0.1, 0.15) is 0 Å². The zero-order chi connectivity index (χ0) is 10.1.